The van der Waals surface area contributed by atoms with Gasteiger partial charge in [0.15, 0.2) is 6.29 Å². The second kappa shape index (κ2) is 8.62. The maximum Gasteiger partial charge on any atom is 0.337 e. The number of fused-ring (bicyclic) bond motifs is 1. The maximum atomic E-state index is 12.2. The first kappa shape index (κ1) is 21.4. The van der Waals surface area contributed by atoms with Crippen molar-refractivity contribution < 1.29 is 49.3 Å². The normalized spacial score (nSPS) is 45.8. The van der Waals surface area contributed by atoms with E-state index in [9.17, 15) is 30.3 Å². The van der Waals surface area contributed by atoms with Crippen LogP contribution in [0.3, 0.4) is 0 Å². The summed E-state index contributed by atoms with van der Waals surface area (Å²) < 4.78 is 21.7. The Kier molecular flexibility index (Phi) is 6.60. The van der Waals surface area contributed by atoms with Gasteiger partial charge in [-0.15, -0.1) is 0 Å². The van der Waals surface area contributed by atoms with Crippen LogP contribution in [0, 0.1) is 17.8 Å². The van der Waals surface area contributed by atoms with E-state index in [4.69, 9.17) is 18.9 Å². The van der Waals surface area contributed by atoms with Gasteiger partial charge in [-0.05, 0) is 19.3 Å². The molecule has 1 saturated heterocycles. The van der Waals surface area contributed by atoms with Crippen molar-refractivity contribution in [1.29, 1.82) is 0 Å². The smallest absolute Gasteiger partial charge is 0.337 e. The number of ether oxygens (including phenoxy) is 4. The fourth-order valence-corrected chi connectivity index (χ4v) is 4.19. The van der Waals surface area contributed by atoms with E-state index in [0.717, 1.165) is 0 Å². The standard InChI is InChI=1S/C18H28O10/c1-3-25-16(24)9-6-26-17(12-7(2)10(20)4-8(9)12)28-18-15(23)14(22)13(21)11(5-19)27-18/h6-8,10-15,17-23H,3-5H2,1-2H3/t7-,8+,10-,11+,12+,13+,14-,15+,17-,18-/m0/s1. The number of hydrogen-bond acceptors (Lipinski definition) is 10. The summed E-state index contributed by atoms with van der Waals surface area (Å²) in [5, 5.41) is 49.6. The lowest BCUT2D eigenvalue weighted by Gasteiger charge is -2.43. The fraction of sp³-hybridized carbons (Fsp3) is 0.833. The molecule has 10 atom stereocenters. The van der Waals surface area contributed by atoms with Crippen LogP contribution in [0.15, 0.2) is 11.8 Å². The molecule has 160 valence electrons. The second-order valence-corrected chi connectivity index (χ2v) is 7.48. The molecular weight excluding hydrogens is 376 g/mol. The summed E-state index contributed by atoms with van der Waals surface area (Å²) in [5.74, 6) is -1.59. The highest BCUT2D eigenvalue weighted by atomic mass is 16.8. The van der Waals surface area contributed by atoms with Gasteiger partial charge in [0.25, 0.3) is 0 Å². The Morgan fingerprint density at radius 3 is 2.54 bits per heavy atom. The zero-order chi connectivity index (χ0) is 20.6. The molecule has 0 aromatic carbocycles. The van der Waals surface area contributed by atoms with Gasteiger partial charge in [-0.25, -0.2) is 4.79 Å². The molecule has 28 heavy (non-hydrogen) atoms. The quantitative estimate of drug-likeness (QED) is 0.333. The van der Waals surface area contributed by atoms with Crippen molar-refractivity contribution in [3.63, 3.8) is 0 Å². The highest BCUT2D eigenvalue weighted by Gasteiger charge is 2.53. The Balaban J connectivity index is 1.79. The van der Waals surface area contributed by atoms with Crippen molar-refractivity contribution in [2.24, 2.45) is 17.8 Å². The van der Waals surface area contributed by atoms with Crippen LogP contribution in [0.2, 0.25) is 0 Å². The van der Waals surface area contributed by atoms with Crippen LogP contribution in [-0.4, -0.2) is 87.8 Å². The predicted molar refractivity (Wildman–Crippen MR) is 91.2 cm³/mol. The highest BCUT2D eigenvalue weighted by Crippen LogP contribution is 2.47. The Bertz CT molecular complexity index is 593. The minimum Gasteiger partial charge on any atom is -0.472 e. The molecule has 2 fully saturated rings. The molecule has 5 N–H and O–H groups in total. The summed E-state index contributed by atoms with van der Waals surface area (Å²) in [6, 6.07) is 0. The Hall–Kier alpha value is -1.27. The molecular formula is C18H28O10. The van der Waals surface area contributed by atoms with Crippen LogP contribution < -0.4 is 0 Å². The summed E-state index contributed by atoms with van der Waals surface area (Å²) in [7, 11) is 0. The number of carbonyl (C=O) groups excluding carboxylic acids is 1. The molecule has 0 radical (unpaired) electrons. The van der Waals surface area contributed by atoms with E-state index in [0.29, 0.717) is 12.0 Å². The van der Waals surface area contributed by atoms with Gasteiger partial charge in [-0.1, -0.05) is 6.92 Å². The Labute approximate surface area is 162 Å². The van der Waals surface area contributed by atoms with E-state index in [1.807, 2.05) is 0 Å². The number of hydrogen-bond donors (Lipinski definition) is 5. The van der Waals surface area contributed by atoms with Crippen LogP contribution in [0.4, 0.5) is 0 Å². The summed E-state index contributed by atoms with van der Waals surface area (Å²) in [4.78, 5) is 12.2. The molecule has 3 aliphatic rings. The number of rotatable bonds is 5. The third-order valence-corrected chi connectivity index (χ3v) is 5.84. The Morgan fingerprint density at radius 2 is 1.89 bits per heavy atom. The van der Waals surface area contributed by atoms with Crippen molar-refractivity contribution >= 4 is 5.97 Å². The van der Waals surface area contributed by atoms with Gasteiger partial charge >= 0.3 is 5.97 Å². The molecule has 10 nitrogen and oxygen atoms in total. The molecule has 3 rings (SSSR count). The molecule has 0 amide bonds. The summed E-state index contributed by atoms with van der Waals surface area (Å²) in [6.45, 7) is 3.12. The lowest BCUT2D eigenvalue weighted by Crippen LogP contribution is -2.60. The molecule has 0 aromatic heterocycles. The molecule has 1 saturated carbocycles. The number of esters is 1. The van der Waals surface area contributed by atoms with Gasteiger partial charge in [0.2, 0.25) is 6.29 Å². The molecule has 10 heteroatoms. The number of aliphatic hydroxyl groups excluding tert-OH is 5. The van der Waals surface area contributed by atoms with E-state index in [1.54, 1.807) is 13.8 Å². The van der Waals surface area contributed by atoms with Gasteiger partial charge in [-0.3, -0.25) is 0 Å². The van der Waals surface area contributed by atoms with Crippen molar-refractivity contribution in [1.82, 2.24) is 0 Å². The SMILES string of the molecule is CCOC(=O)C1=CO[C@@H](O[C@@H]2O[C@H](CO)[C@@H](O)[C@H](O)[C@H]2O)[C@@H]2[C@@H](C)[C@@H](O)C[C@H]12. The maximum absolute atomic E-state index is 12.2. The molecule has 1 aliphatic carbocycles. The molecule has 0 aromatic rings. The van der Waals surface area contributed by atoms with E-state index in [2.05, 4.69) is 0 Å². The third kappa shape index (κ3) is 3.78. The fourth-order valence-electron chi connectivity index (χ4n) is 4.19. The van der Waals surface area contributed by atoms with Crippen molar-refractivity contribution in [2.45, 2.75) is 63.4 Å². The molecule has 0 bridgehead atoms. The minimum absolute atomic E-state index is 0.205. The van der Waals surface area contributed by atoms with E-state index >= 15 is 0 Å². The van der Waals surface area contributed by atoms with Gasteiger partial charge in [0, 0.05) is 11.8 Å². The van der Waals surface area contributed by atoms with Gasteiger partial charge < -0.3 is 44.5 Å². The van der Waals surface area contributed by atoms with Crippen LogP contribution in [0.1, 0.15) is 20.3 Å². The van der Waals surface area contributed by atoms with Crippen LogP contribution in [0.25, 0.3) is 0 Å². The summed E-state index contributed by atoms with van der Waals surface area (Å²) in [6.07, 6.45) is -7.23. The predicted octanol–water partition coefficient (Wildman–Crippen LogP) is -1.76. The number of carbonyl (C=O) groups is 1. The van der Waals surface area contributed by atoms with Crippen LogP contribution in [-0.2, 0) is 23.7 Å². The minimum atomic E-state index is -1.58. The van der Waals surface area contributed by atoms with Crippen LogP contribution in [0.5, 0.6) is 0 Å². The second-order valence-electron chi connectivity index (χ2n) is 7.48. The van der Waals surface area contributed by atoms with Crippen molar-refractivity contribution in [2.75, 3.05) is 13.2 Å². The molecule has 2 heterocycles. The highest BCUT2D eigenvalue weighted by molar-refractivity contribution is 5.89. The van der Waals surface area contributed by atoms with E-state index in [1.165, 1.54) is 6.26 Å². The van der Waals surface area contributed by atoms with Crippen molar-refractivity contribution in [3.05, 3.63) is 11.8 Å². The van der Waals surface area contributed by atoms with Gasteiger partial charge in [0.05, 0.1) is 31.2 Å². The van der Waals surface area contributed by atoms with Gasteiger partial charge in [0.1, 0.15) is 24.4 Å². The average Bonchev–Trinajstić information content (AvgIpc) is 2.97. The summed E-state index contributed by atoms with van der Waals surface area (Å²) >= 11 is 0. The van der Waals surface area contributed by atoms with E-state index < -0.39 is 61.6 Å². The van der Waals surface area contributed by atoms with Crippen molar-refractivity contribution in [3.8, 4) is 0 Å². The first-order chi connectivity index (χ1) is 13.3. The molecule has 0 unspecified atom stereocenters. The lowest BCUT2D eigenvalue weighted by atomic mass is 9.83. The topological polar surface area (TPSA) is 155 Å². The largest absolute Gasteiger partial charge is 0.472 e. The monoisotopic (exact) mass is 404 g/mol. The lowest BCUT2D eigenvalue weighted by molar-refractivity contribution is -0.342. The molecule has 2 aliphatic heterocycles. The Morgan fingerprint density at radius 1 is 1.18 bits per heavy atom. The van der Waals surface area contributed by atoms with Gasteiger partial charge in [-0.2, -0.15) is 0 Å². The van der Waals surface area contributed by atoms with Crippen LogP contribution >= 0.6 is 0 Å². The third-order valence-electron chi connectivity index (χ3n) is 5.84. The first-order valence-corrected chi connectivity index (χ1v) is 9.46. The first-order valence-electron chi connectivity index (χ1n) is 9.46. The van der Waals surface area contributed by atoms with E-state index in [-0.39, 0.29) is 18.4 Å². The zero-order valence-corrected chi connectivity index (χ0v) is 15.7. The average molecular weight is 404 g/mol. The molecule has 0 spiro atoms. The summed E-state index contributed by atoms with van der Waals surface area (Å²) in [5.41, 5.74) is 0.309. The zero-order valence-electron chi connectivity index (χ0n) is 15.7. The number of aliphatic hydroxyl groups is 5.